The molecule has 0 saturated carbocycles. The molecule has 2 aliphatic rings. The van der Waals surface area contributed by atoms with Crippen LogP contribution < -0.4 is 20.3 Å². The molecule has 0 aromatic heterocycles. The Hall–Kier alpha value is -4.22. The summed E-state index contributed by atoms with van der Waals surface area (Å²) in [6.45, 7) is 0. The molecule has 0 radical (unpaired) electrons. The van der Waals surface area contributed by atoms with Crippen LogP contribution in [0.1, 0.15) is 10.4 Å². The fourth-order valence-corrected chi connectivity index (χ4v) is 3.79. The minimum atomic E-state index is -5.45. The van der Waals surface area contributed by atoms with Crippen LogP contribution in [0.3, 0.4) is 0 Å². The van der Waals surface area contributed by atoms with Gasteiger partial charge in [0.05, 0.1) is 18.4 Å². The number of nitrogens with zero attached hydrogens (tertiary/aromatic N) is 2. The summed E-state index contributed by atoms with van der Waals surface area (Å²) in [5, 5.41) is 3.50. The van der Waals surface area contributed by atoms with E-state index in [0.717, 1.165) is 0 Å². The molecular formula is C21H15F3N4O5. The average Bonchev–Trinajstić information content (AvgIpc) is 3.07. The predicted octanol–water partition coefficient (Wildman–Crippen LogP) is 2.04. The average molecular weight is 460 g/mol. The van der Waals surface area contributed by atoms with Crippen molar-refractivity contribution in [3.8, 4) is 5.75 Å². The van der Waals surface area contributed by atoms with Gasteiger partial charge in [0.1, 0.15) is 17.5 Å². The van der Waals surface area contributed by atoms with Crippen LogP contribution in [-0.4, -0.2) is 48.4 Å². The number of amidine groups is 1. The number of nitrogens with one attached hydrogen (secondary N) is 2. The highest BCUT2D eigenvalue weighted by Gasteiger charge is 2.74. The van der Waals surface area contributed by atoms with Crippen molar-refractivity contribution in [2.45, 2.75) is 11.7 Å². The summed E-state index contributed by atoms with van der Waals surface area (Å²) in [5.74, 6) is -7.70. The molecular weight excluding hydrogens is 445 g/mol. The van der Waals surface area contributed by atoms with Crippen LogP contribution in [0.4, 0.5) is 23.7 Å². The van der Waals surface area contributed by atoms with E-state index in [2.05, 4.69) is 4.99 Å². The van der Waals surface area contributed by atoms with E-state index in [-0.39, 0.29) is 17.0 Å². The van der Waals surface area contributed by atoms with Gasteiger partial charge in [0.2, 0.25) is 11.4 Å². The first-order valence-corrected chi connectivity index (χ1v) is 9.47. The van der Waals surface area contributed by atoms with E-state index >= 15 is 0 Å². The molecule has 2 heterocycles. The number of hydrogen-bond acceptors (Lipinski definition) is 5. The van der Waals surface area contributed by atoms with Crippen molar-refractivity contribution in [3.05, 3.63) is 60.2 Å². The first-order valence-electron chi connectivity index (χ1n) is 9.47. The molecule has 33 heavy (non-hydrogen) atoms. The number of imide groups is 1. The first-order chi connectivity index (χ1) is 15.6. The fourth-order valence-electron chi connectivity index (χ4n) is 3.79. The summed E-state index contributed by atoms with van der Waals surface area (Å²) in [6.07, 6.45) is -5.45. The number of fused-ring (bicyclic) bond motifs is 1. The number of hydrogen-bond donors (Lipinski definition) is 2. The number of anilines is 1. The van der Waals surface area contributed by atoms with Crippen molar-refractivity contribution < 1.29 is 37.1 Å². The fraction of sp³-hybridized carbons (Fsp3) is 0.190. The van der Waals surface area contributed by atoms with E-state index in [1.54, 1.807) is 11.4 Å². The molecule has 1 fully saturated rings. The Balaban J connectivity index is 1.83. The van der Waals surface area contributed by atoms with E-state index in [4.69, 9.17) is 4.74 Å². The molecule has 5 amide bonds. The van der Waals surface area contributed by atoms with E-state index in [9.17, 15) is 32.3 Å². The Morgan fingerprint density at radius 1 is 1.09 bits per heavy atom. The maximum atomic E-state index is 14.5. The van der Waals surface area contributed by atoms with Crippen LogP contribution in [0.25, 0.3) is 0 Å². The van der Waals surface area contributed by atoms with Gasteiger partial charge in [0.25, 0.3) is 11.8 Å². The smallest absolute Gasteiger partial charge is 0.422 e. The highest BCUT2D eigenvalue weighted by Crippen LogP contribution is 2.44. The highest BCUT2D eigenvalue weighted by atomic mass is 19.4. The lowest BCUT2D eigenvalue weighted by Crippen LogP contribution is -2.72. The Labute approximate surface area is 184 Å². The molecule has 12 heteroatoms. The normalized spacial score (nSPS) is 22.4. The zero-order valence-electron chi connectivity index (χ0n) is 16.8. The van der Waals surface area contributed by atoms with Gasteiger partial charge in [-0.15, -0.1) is 0 Å². The monoisotopic (exact) mass is 460 g/mol. The molecule has 2 aromatic carbocycles. The molecule has 0 spiro atoms. The van der Waals surface area contributed by atoms with Gasteiger partial charge in [-0.05, 0) is 24.3 Å². The van der Waals surface area contributed by atoms with Crippen LogP contribution >= 0.6 is 0 Å². The summed E-state index contributed by atoms with van der Waals surface area (Å²) in [6, 6.07) is 11.7. The number of alkyl halides is 3. The molecule has 2 aliphatic heterocycles. The number of urea groups is 1. The van der Waals surface area contributed by atoms with Crippen molar-refractivity contribution in [3.63, 3.8) is 0 Å². The molecule has 9 nitrogen and oxygen atoms in total. The lowest BCUT2D eigenvalue weighted by Gasteiger charge is -2.39. The zero-order chi connectivity index (χ0) is 24.0. The minimum Gasteiger partial charge on any atom is -0.496 e. The summed E-state index contributed by atoms with van der Waals surface area (Å²) in [7, 11) is 1.21. The molecule has 2 atom stereocenters. The lowest BCUT2D eigenvalue weighted by atomic mass is 9.81. The summed E-state index contributed by atoms with van der Waals surface area (Å²) >= 11 is 0. The van der Waals surface area contributed by atoms with Crippen LogP contribution in [0.15, 0.2) is 59.6 Å². The van der Waals surface area contributed by atoms with Gasteiger partial charge in [0, 0.05) is 0 Å². The Morgan fingerprint density at radius 2 is 1.73 bits per heavy atom. The number of carbonyl (C=O) groups excluding carboxylic acids is 4. The van der Waals surface area contributed by atoms with Gasteiger partial charge >= 0.3 is 12.2 Å². The highest BCUT2D eigenvalue weighted by molar-refractivity contribution is 6.35. The topological polar surface area (TPSA) is 117 Å². The maximum Gasteiger partial charge on any atom is 0.422 e. The van der Waals surface area contributed by atoms with Gasteiger partial charge in [-0.25, -0.2) is 9.69 Å². The van der Waals surface area contributed by atoms with Gasteiger partial charge < -0.3 is 10.1 Å². The van der Waals surface area contributed by atoms with Crippen molar-refractivity contribution in [1.29, 1.82) is 0 Å². The van der Waals surface area contributed by atoms with Crippen molar-refractivity contribution >= 4 is 35.3 Å². The van der Waals surface area contributed by atoms with Crippen LogP contribution in [-0.2, 0) is 9.59 Å². The standard InChI is InChI=1S/C21H15F3N4O5/c1-33-13-10-6-5-9-12(13)16(29)27-20(21(22,23)24)14-15(25-18(20)31)28(19(32)26-17(14)30)11-7-3-2-4-8-11/h2-10,14H,1H3,(H,27,29)(H,26,30,32). The van der Waals surface area contributed by atoms with E-state index < -0.39 is 47.2 Å². The number of benzene rings is 2. The minimum absolute atomic E-state index is 0.0481. The second-order valence-corrected chi connectivity index (χ2v) is 7.13. The molecule has 2 N–H and O–H groups in total. The Kier molecular flexibility index (Phi) is 5.15. The molecule has 4 rings (SSSR count). The third-order valence-electron chi connectivity index (χ3n) is 5.29. The predicted molar refractivity (Wildman–Crippen MR) is 108 cm³/mol. The van der Waals surface area contributed by atoms with E-state index in [1.165, 1.54) is 55.6 Å². The number of halogens is 3. The van der Waals surface area contributed by atoms with Crippen molar-refractivity contribution in [2.75, 3.05) is 12.0 Å². The van der Waals surface area contributed by atoms with Crippen LogP contribution in [0, 0.1) is 5.92 Å². The summed E-state index contributed by atoms with van der Waals surface area (Å²) < 4.78 is 48.4. The second-order valence-electron chi connectivity index (χ2n) is 7.13. The van der Waals surface area contributed by atoms with Crippen molar-refractivity contribution in [2.24, 2.45) is 10.9 Å². The molecule has 1 saturated heterocycles. The number of methoxy groups -OCH3 is 1. The number of rotatable bonds is 4. The first kappa shape index (κ1) is 22.0. The maximum absolute atomic E-state index is 14.5. The van der Waals surface area contributed by atoms with Crippen LogP contribution in [0.2, 0.25) is 0 Å². The van der Waals surface area contributed by atoms with Gasteiger partial charge in [-0.2, -0.15) is 18.2 Å². The Bertz CT molecular complexity index is 1200. The zero-order valence-corrected chi connectivity index (χ0v) is 16.8. The van der Waals surface area contributed by atoms with Gasteiger partial charge in [0.15, 0.2) is 0 Å². The third-order valence-corrected chi connectivity index (χ3v) is 5.29. The number of para-hydroxylation sites is 2. The Morgan fingerprint density at radius 3 is 2.36 bits per heavy atom. The molecule has 170 valence electrons. The number of carbonyl (C=O) groups is 4. The molecule has 2 aromatic rings. The lowest BCUT2D eigenvalue weighted by molar-refractivity contribution is -0.201. The van der Waals surface area contributed by atoms with Gasteiger partial charge in [-0.1, -0.05) is 30.3 Å². The van der Waals surface area contributed by atoms with Gasteiger partial charge in [-0.3, -0.25) is 19.7 Å². The van der Waals surface area contributed by atoms with E-state index in [0.29, 0.717) is 4.90 Å². The SMILES string of the molecule is COc1ccccc1C(=O)NC1(C(F)(F)F)C(=O)N=C2C1C(=O)NC(=O)N2c1ccccc1. The largest absolute Gasteiger partial charge is 0.496 e. The van der Waals surface area contributed by atoms with Crippen LogP contribution in [0.5, 0.6) is 5.75 Å². The number of aliphatic imine (C=N–C) groups is 1. The number of ether oxygens (including phenoxy) is 1. The molecule has 0 aliphatic carbocycles. The van der Waals surface area contributed by atoms with E-state index in [1.807, 2.05) is 5.32 Å². The molecule has 2 unspecified atom stereocenters. The van der Waals surface area contributed by atoms with Crippen molar-refractivity contribution in [1.82, 2.24) is 10.6 Å². The molecule has 0 bridgehead atoms. The second kappa shape index (κ2) is 7.73. The number of amides is 5. The quantitative estimate of drug-likeness (QED) is 0.724. The summed E-state index contributed by atoms with van der Waals surface area (Å²) in [4.78, 5) is 54.9. The summed E-state index contributed by atoms with van der Waals surface area (Å²) in [5.41, 5.74) is -3.96. The third kappa shape index (κ3) is 3.30.